The average molecular weight is 241 g/mol. The summed E-state index contributed by atoms with van der Waals surface area (Å²) in [6.07, 6.45) is 4.41. The van der Waals surface area contributed by atoms with Crippen LogP contribution < -0.4 is 11.1 Å². The second-order valence-corrected chi connectivity index (χ2v) is 4.53. The lowest BCUT2D eigenvalue weighted by Crippen LogP contribution is -2.19. The van der Waals surface area contributed by atoms with Gasteiger partial charge in [-0.2, -0.15) is 0 Å². The standard InChI is InChI=1S/C15H19N3/c1-11-4-3-5-12(8-11)15(17-2)9-13-10-18-7-6-14(13)16/h3-8,10,15,17H,9H2,1-2H3,(H2,16,18). The van der Waals surface area contributed by atoms with Crippen LogP contribution in [0.2, 0.25) is 0 Å². The summed E-state index contributed by atoms with van der Waals surface area (Å²) >= 11 is 0. The Bertz CT molecular complexity index is 523. The number of nitrogens with two attached hydrogens (primary N) is 1. The number of hydrogen-bond donors (Lipinski definition) is 2. The molecule has 0 aliphatic heterocycles. The number of hydrogen-bond acceptors (Lipinski definition) is 3. The summed E-state index contributed by atoms with van der Waals surface area (Å²) in [6, 6.07) is 10.6. The monoisotopic (exact) mass is 241 g/mol. The molecule has 0 radical (unpaired) electrons. The highest BCUT2D eigenvalue weighted by Gasteiger charge is 2.11. The summed E-state index contributed by atoms with van der Waals surface area (Å²) in [4.78, 5) is 4.14. The van der Waals surface area contributed by atoms with Crippen LogP contribution in [0.3, 0.4) is 0 Å². The summed E-state index contributed by atoms with van der Waals surface area (Å²) < 4.78 is 0. The maximum atomic E-state index is 5.96. The maximum absolute atomic E-state index is 5.96. The largest absolute Gasteiger partial charge is 0.398 e. The van der Waals surface area contributed by atoms with E-state index in [0.29, 0.717) is 0 Å². The van der Waals surface area contributed by atoms with Crippen LogP contribution in [-0.2, 0) is 6.42 Å². The van der Waals surface area contributed by atoms with Gasteiger partial charge in [0.05, 0.1) is 0 Å². The van der Waals surface area contributed by atoms with Crippen molar-refractivity contribution in [2.24, 2.45) is 0 Å². The summed E-state index contributed by atoms with van der Waals surface area (Å²) in [5, 5.41) is 3.34. The highest BCUT2D eigenvalue weighted by molar-refractivity contribution is 5.45. The molecule has 2 rings (SSSR count). The zero-order valence-corrected chi connectivity index (χ0v) is 10.9. The Balaban J connectivity index is 2.23. The first-order chi connectivity index (χ1) is 8.70. The highest BCUT2D eigenvalue weighted by Crippen LogP contribution is 2.21. The summed E-state index contributed by atoms with van der Waals surface area (Å²) in [6.45, 7) is 2.11. The van der Waals surface area contributed by atoms with Crippen LogP contribution in [-0.4, -0.2) is 12.0 Å². The van der Waals surface area contributed by atoms with Crippen LogP contribution >= 0.6 is 0 Å². The lowest BCUT2D eigenvalue weighted by molar-refractivity contribution is 0.591. The first kappa shape index (κ1) is 12.6. The zero-order chi connectivity index (χ0) is 13.0. The molecule has 0 saturated carbocycles. The van der Waals surface area contributed by atoms with E-state index in [4.69, 9.17) is 5.73 Å². The van der Waals surface area contributed by atoms with Crippen molar-refractivity contribution in [1.29, 1.82) is 0 Å². The lowest BCUT2D eigenvalue weighted by Gasteiger charge is -2.18. The molecule has 0 amide bonds. The van der Waals surface area contributed by atoms with E-state index in [-0.39, 0.29) is 6.04 Å². The highest BCUT2D eigenvalue weighted by atomic mass is 14.9. The van der Waals surface area contributed by atoms with Gasteiger partial charge in [-0.1, -0.05) is 29.8 Å². The Morgan fingerprint density at radius 1 is 1.33 bits per heavy atom. The smallest absolute Gasteiger partial charge is 0.0378 e. The minimum absolute atomic E-state index is 0.261. The number of aromatic nitrogens is 1. The fraction of sp³-hybridized carbons (Fsp3) is 0.267. The number of benzene rings is 1. The molecule has 0 aliphatic rings. The second-order valence-electron chi connectivity index (χ2n) is 4.53. The van der Waals surface area contributed by atoms with Gasteiger partial charge in [0.15, 0.2) is 0 Å². The Morgan fingerprint density at radius 3 is 2.83 bits per heavy atom. The van der Waals surface area contributed by atoms with Crippen LogP contribution in [0, 0.1) is 6.92 Å². The molecule has 2 aromatic rings. The maximum Gasteiger partial charge on any atom is 0.0378 e. The van der Waals surface area contributed by atoms with Crippen LogP contribution in [0.15, 0.2) is 42.7 Å². The van der Waals surface area contributed by atoms with Crippen molar-refractivity contribution in [3.63, 3.8) is 0 Å². The zero-order valence-electron chi connectivity index (χ0n) is 10.9. The Hall–Kier alpha value is -1.87. The predicted molar refractivity (Wildman–Crippen MR) is 75.3 cm³/mol. The molecule has 3 heteroatoms. The van der Waals surface area contributed by atoms with Gasteiger partial charge in [-0.15, -0.1) is 0 Å². The van der Waals surface area contributed by atoms with E-state index in [1.807, 2.05) is 19.3 Å². The van der Waals surface area contributed by atoms with Crippen LogP contribution in [0.4, 0.5) is 5.69 Å². The van der Waals surface area contributed by atoms with E-state index in [2.05, 4.69) is 41.5 Å². The van der Waals surface area contributed by atoms with Gasteiger partial charge in [-0.25, -0.2) is 0 Å². The molecule has 0 spiro atoms. The van der Waals surface area contributed by atoms with Gasteiger partial charge in [0.25, 0.3) is 0 Å². The molecule has 0 bridgehead atoms. The number of nitrogen functional groups attached to an aromatic ring is 1. The van der Waals surface area contributed by atoms with Crippen molar-refractivity contribution >= 4 is 5.69 Å². The Labute approximate surface area is 108 Å². The summed E-state index contributed by atoms with van der Waals surface area (Å²) in [5.41, 5.74) is 10.4. The fourth-order valence-electron chi connectivity index (χ4n) is 2.10. The van der Waals surface area contributed by atoms with Gasteiger partial charge in [0.1, 0.15) is 0 Å². The first-order valence-electron chi connectivity index (χ1n) is 6.13. The normalized spacial score (nSPS) is 12.3. The molecule has 0 aliphatic carbocycles. The Morgan fingerprint density at radius 2 is 2.17 bits per heavy atom. The fourth-order valence-corrected chi connectivity index (χ4v) is 2.10. The van der Waals surface area contributed by atoms with Crippen LogP contribution in [0.1, 0.15) is 22.7 Å². The van der Waals surface area contributed by atoms with Crippen molar-refractivity contribution in [3.8, 4) is 0 Å². The quantitative estimate of drug-likeness (QED) is 0.864. The molecule has 1 aromatic heterocycles. The van der Waals surface area contributed by atoms with E-state index in [0.717, 1.165) is 17.7 Å². The van der Waals surface area contributed by atoms with Gasteiger partial charge in [0, 0.05) is 24.1 Å². The lowest BCUT2D eigenvalue weighted by atomic mass is 9.98. The van der Waals surface area contributed by atoms with E-state index in [1.54, 1.807) is 6.20 Å². The number of nitrogens with zero attached hydrogens (tertiary/aromatic N) is 1. The number of rotatable bonds is 4. The van der Waals surface area contributed by atoms with Crippen LogP contribution in [0.5, 0.6) is 0 Å². The van der Waals surface area contributed by atoms with Crippen molar-refractivity contribution < 1.29 is 0 Å². The SMILES string of the molecule is CNC(Cc1cnccc1N)c1cccc(C)c1. The summed E-state index contributed by atoms with van der Waals surface area (Å²) in [7, 11) is 1.97. The molecule has 0 saturated heterocycles. The van der Waals surface area contributed by atoms with Crippen molar-refractivity contribution in [2.45, 2.75) is 19.4 Å². The number of anilines is 1. The number of aryl methyl sites for hydroxylation is 1. The van der Waals surface area contributed by atoms with E-state index in [9.17, 15) is 0 Å². The third kappa shape index (κ3) is 2.87. The molecule has 94 valence electrons. The molecular weight excluding hydrogens is 222 g/mol. The molecule has 0 fully saturated rings. The third-order valence-corrected chi connectivity index (χ3v) is 3.16. The van der Waals surface area contributed by atoms with Crippen molar-refractivity contribution in [3.05, 3.63) is 59.4 Å². The minimum atomic E-state index is 0.261. The molecule has 1 unspecified atom stereocenters. The van der Waals surface area contributed by atoms with Gasteiger partial charge < -0.3 is 11.1 Å². The van der Waals surface area contributed by atoms with Gasteiger partial charge in [-0.3, -0.25) is 4.98 Å². The third-order valence-electron chi connectivity index (χ3n) is 3.16. The number of nitrogens with one attached hydrogen (secondary N) is 1. The predicted octanol–water partition coefficient (Wildman–Crippen LogP) is 2.48. The van der Waals surface area contributed by atoms with Gasteiger partial charge in [-0.05, 0) is 37.6 Å². The van der Waals surface area contributed by atoms with Crippen molar-refractivity contribution in [1.82, 2.24) is 10.3 Å². The van der Waals surface area contributed by atoms with Gasteiger partial charge in [0.2, 0.25) is 0 Å². The minimum Gasteiger partial charge on any atom is -0.398 e. The second kappa shape index (κ2) is 5.65. The van der Waals surface area contributed by atoms with E-state index >= 15 is 0 Å². The van der Waals surface area contributed by atoms with E-state index in [1.165, 1.54) is 11.1 Å². The van der Waals surface area contributed by atoms with Crippen molar-refractivity contribution in [2.75, 3.05) is 12.8 Å². The molecule has 1 heterocycles. The average Bonchev–Trinajstić information content (AvgIpc) is 2.38. The van der Waals surface area contributed by atoms with Gasteiger partial charge >= 0.3 is 0 Å². The summed E-state index contributed by atoms with van der Waals surface area (Å²) in [5.74, 6) is 0. The molecule has 1 aromatic carbocycles. The number of pyridine rings is 1. The molecule has 3 N–H and O–H groups in total. The molecule has 3 nitrogen and oxygen atoms in total. The molecule has 1 atom stereocenters. The number of likely N-dealkylation sites (N-methyl/N-ethyl adjacent to an activating group) is 1. The van der Waals surface area contributed by atoms with E-state index < -0.39 is 0 Å². The topological polar surface area (TPSA) is 50.9 Å². The first-order valence-corrected chi connectivity index (χ1v) is 6.13. The van der Waals surface area contributed by atoms with Crippen LogP contribution in [0.25, 0.3) is 0 Å². The molecule has 18 heavy (non-hydrogen) atoms. The Kier molecular flexibility index (Phi) is 3.95. The molecular formula is C15H19N3.